The van der Waals surface area contributed by atoms with Crippen molar-refractivity contribution in [2.45, 2.75) is 269 Å². The number of methoxy groups -OCH3 is 6. The van der Waals surface area contributed by atoms with Crippen molar-refractivity contribution < 1.29 is 58.0 Å². The first-order chi connectivity index (χ1) is 53.6. The van der Waals surface area contributed by atoms with Gasteiger partial charge in [0.2, 0.25) is 0 Å². The van der Waals surface area contributed by atoms with Crippen molar-refractivity contribution in [1.29, 1.82) is 0 Å². The number of alkyl halides is 1. The van der Waals surface area contributed by atoms with E-state index in [9.17, 15) is 15.3 Å². The molecule has 5 fully saturated rings. The van der Waals surface area contributed by atoms with Gasteiger partial charge < -0.3 is 58.0 Å². The van der Waals surface area contributed by atoms with Gasteiger partial charge in [0.25, 0.3) is 0 Å². The van der Waals surface area contributed by atoms with Gasteiger partial charge in [0.1, 0.15) is 17.6 Å². The largest absolute Gasteiger partial charge is 0.507 e. The van der Waals surface area contributed by atoms with Gasteiger partial charge in [-0.3, -0.25) is 24.5 Å². The Morgan fingerprint density at radius 1 is 0.339 bits per heavy atom. The first-order valence-corrected chi connectivity index (χ1v) is 43.1. The Balaban J connectivity index is 0.000000251. The van der Waals surface area contributed by atoms with E-state index in [-0.39, 0.29) is 73.0 Å². The number of aromatic hydroxyl groups is 3. The van der Waals surface area contributed by atoms with Crippen LogP contribution in [-0.2, 0) is 83.2 Å². The molecule has 5 heterocycles. The number of aryl methyl sites for hydroxylation is 2. The minimum atomic E-state index is 0. The number of nitrogens with zero attached hydrogens (tertiary/aromatic N) is 5. The lowest BCUT2D eigenvalue weighted by Crippen LogP contribution is -2.49. The maximum absolute atomic E-state index is 10.4. The van der Waals surface area contributed by atoms with E-state index in [0.29, 0.717) is 71.9 Å². The van der Waals surface area contributed by atoms with E-state index >= 15 is 0 Å². The fraction of sp³-hybridized carbons (Fsp3) is 0.688. The Kier molecular flexibility index (Phi) is 44.7. The number of halogens is 2. The van der Waals surface area contributed by atoms with Crippen LogP contribution in [-0.4, -0.2) is 205 Å². The summed E-state index contributed by atoms with van der Waals surface area (Å²) < 4.78 is 47.7. The first kappa shape index (κ1) is 101. The van der Waals surface area contributed by atoms with Crippen LogP contribution in [0.1, 0.15) is 227 Å². The Hall–Kier alpha value is -4.84. The average molecular weight is 1740 g/mol. The molecule has 5 aromatic rings. The molecule has 0 aromatic heterocycles. The third-order valence-electron chi connectivity index (χ3n) is 25.8. The molecule has 15 rings (SSSR count). The van der Waals surface area contributed by atoms with Gasteiger partial charge in [-0.1, -0.05) is 118 Å². The number of phenolic OH excluding ortho intramolecular Hbond substituents is 3. The Labute approximate surface area is 719 Å². The second kappa shape index (κ2) is 51.1. The van der Waals surface area contributed by atoms with Crippen LogP contribution >= 0.6 is 35.6 Å². The number of phenols is 3. The van der Waals surface area contributed by atoms with Gasteiger partial charge >= 0.3 is 0 Å². The maximum atomic E-state index is 10.4. The van der Waals surface area contributed by atoms with E-state index in [4.69, 9.17) is 49.5 Å². The minimum absolute atomic E-state index is 0. The standard InChI is InChI=1S/C19H29NO3.C19H29NO2.C18H27NO3.C17H25NO2.C17H25NO.C2H5ClO.4CH4.HI/c1-4-9-20-10-5-6-15-11-16-14(12-17(15)20)7-8-18(22-3)19(16)23-13-21-2;1-4-9-20-10-5-6-16-11-17-15(12-18(16)20)8-7-14(2)19(17)22-13-21-3;1-3-8-19-9-4-5-14-10-15-13(11-16(14)19)6-7-17(20)18(15)22-12-21-2;1-3-8-18-9-4-5-13-10-14-12(11-15(13)18)6-7-16(20-2)17(14)19;1-3-8-18-9-4-5-14-10-15-13(11-16(14)18)7-6-12(2)17(15)19;1-4-2-3;;;;;/h7-8,15,17H,4-6,9-13H2,1-3H3;7-8,16,18H,4-6,9-13H2,1-3H3;6-7,14,16,20H,3-5,8-12H2,1-2H3;6-7,13,15,19H,3-5,8-11H2,1-2H3;6-7,14,16,19H,3-5,8-11H2,1-2H3;2H2,1H3;4*1H4;1H/t15-,17-;16-,18-;14-,16-;13-,15-;14-,16-;;;;;;/m11111....../s1. The highest BCUT2D eigenvalue weighted by Gasteiger charge is 2.42. The van der Waals surface area contributed by atoms with Crippen LogP contribution in [0.3, 0.4) is 0 Å². The zero-order valence-corrected chi connectivity index (χ0v) is 73.2. The number of likely N-dealkylation sites (tertiary alicyclic amines) is 5. The lowest BCUT2D eigenvalue weighted by molar-refractivity contribution is 0.0460. The summed E-state index contributed by atoms with van der Waals surface area (Å²) in [5, 5.41) is 30.8. The van der Waals surface area contributed by atoms with Gasteiger partial charge in [0, 0.05) is 75.3 Å². The first-order valence-electron chi connectivity index (χ1n) is 42.5. The van der Waals surface area contributed by atoms with Crippen molar-refractivity contribution in [1.82, 2.24) is 24.5 Å². The zero-order valence-electron chi connectivity index (χ0n) is 70.2. The molecule has 0 spiro atoms. The van der Waals surface area contributed by atoms with Gasteiger partial charge in [0.15, 0.2) is 54.9 Å². The fourth-order valence-electron chi connectivity index (χ4n) is 20.8. The number of rotatable bonds is 22. The number of benzene rings is 5. The van der Waals surface area contributed by atoms with E-state index < -0.39 is 0 Å². The average Bonchev–Trinajstić information content (AvgIpc) is 0.821. The van der Waals surface area contributed by atoms with Crippen LogP contribution in [0.5, 0.6) is 46.0 Å². The lowest BCUT2D eigenvalue weighted by Gasteiger charge is -2.45. The number of piperidine rings is 5. The van der Waals surface area contributed by atoms with Crippen molar-refractivity contribution in [3.8, 4) is 46.0 Å². The highest BCUT2D eigenvalue weighted by Crippen LogP contribution is 2.48. The smallest absolute Gasteiger partial charge is 0.188 e. The second-order valence-corrected chi connectivity index (χ2v) is 33.1. The summed E-state index contributed by atoms with van der Waals surface area (Å²) in [5.41, 5.74) is 15.5. The molecule has 0 unspecified atom stereocenters. The van der Waals surface area contributed by atoms with Crippen LogP contribution in [0.15, 0.2) is 60.7 Å². The van der Waals surface area contributed by atoms with Crippen LogP contribution < -0.4 is 23.7 Å². The predicted octanol–water partition coefficient (Wildman–Crippen LogP) is 20.1. The van der Waals surface area contributed by atoms with E-state index in [0.717, 1.165) is 104 Å². The van der Waals surface area contributed by atoms with Gasteiger partial charge in [-0.15, -0.1) is 24.0 Å². The van der Waals surface area contributed by atoms with Crippen molar-refractivity contribution >= 4 is 35.6 Å². The molecular formula is C96H157ClIN5O12. The van der Waals surface area contributed by atoms with Crippen molar-refractivity contribution in [2.75, 3.05) is 135 Å². The number of hydrogen-bond donors (Lipinski definition) is 3. The Morgan fingerprint density at radius 3 is 0.957 bits per heavy atom. The van der Waals surface area contributed by atoms with Gasteiger partial charge in [-0.05, 0) is 338 Å². The summed E-state index contributed by atoms with van der Waals surface area (Å²) in [7, 11) is 9.82. The Morgan fingerprint density at radius 2 is 0.617 bits per heavy atom. The van der Waals surface area contributed by atoms with Gasteiger partial charge in [0.05, 0.1) is 14.2 Å². The number of hydrogen-bond acceptors (Lipinski definition) is 17. The zero-order chi connectivity index (χ0) is 78.2. The summed E-state index contributed by atoms with van der Waals surface area (Å²) in [5.74, 6) is 8.84. The monoisotopic (exact) mass is 1730 g/mol. The summed E-state index contributed by atoms with van der Waals surface area (Å²) in [4.78, 5) is 13.5. The molecule has 17 nitrogen and oxygen atoms in total. The van der Waals surface area contributed by atoms with Crippen LogP contribution in [0.25, 0.3) is 0 Å². The quantitative estimate of drug-likeness (QED) is 0.0341. The molecule has 5 aliphatic carbocycles. The Bertz CT molecular complexity index is 3540. The summed E-state index contributed by atoms with van der Waals surface area (Å²) in [6.45, 7) is 28.7. The topological polar surface area (TPSA) is 160 Å². The molecule has 0 radical (unpaired) electrons. The number of ether oxygens (including phenoxy) is 9. The summed E-state index contributed by atoms with van der Waals surface area (Å²) >= 11 is 4.96. The fourth-order valence-corrected chi connectivity index (χ4v) is 20.8. The number of fused-ring (bicyclic) bond motifs is 10. The van der Waals surface area contributed by atoms with Crippen LogP contribution in [0.2, 0.25) is 0 Å². The van der Waals surface area contributed by atoms with E-state index in [1.165, 1.54) is 230 Å². The van der Waals surface area contributed by atoms with Crippen LogP contribution in [0.4, 0.5) is 0 Å². The molecule has 5 aromatic carbocycles. The van der Waals surface area contributed by atoms with Crippen molar-refractivity contribution in [3.05, 3.63) is 127 Å². The normalized spacial score (nSPS) is 23.4. The molecule has 19 heteroatoms. The lowest BCUT2D eigenvalue weighted by atomic mass is 9.74. The molecule has 3 N–H and O–H groups in total. The predicted molar refractivity (Wildman–Crippen MR) is 486 cm³/mol. The highest BCUT2D eigenvalue weighted by atomic mass is 127. The van der Waals surface area contributed by atoms with Gasteiger partial charge in [-0.25, -0.2) is 0 Å². The second-order valence-electron chi connectivity index (χ2n) is 32.9. The molecule has 10 atom stereocenters. The van der Waals surface area contributed by atoms with Crippen molar-refractivity contribution in [2.24, 2.45) is 29.6 Å². The maximum Gasteiger partial charge on any atom is 0.188 e. The highest BCUT2D eigenvalue weighted by molar-refractivity contribution is 14.0. The third-order valence-corrected chi connectivity index (χ3v) is 26.1. The van der Waals surface area contributed by atoms with E-state index in [1.807, 2.05) is 19.1 Å². The molecular weight excluding hydrogens is 1580 g/mol. The van der Waals surface area contributed by atoms with E-state index in [1.54, 1.807) is 48.7 Å². The summed E-state index contributed by atoms with van der Waals surface area (Å²) in [6.07, 6.45) is 30.3. The van der Waals surface area contributed by atoms with Gasteiger partial charge in [-0.2, -0.15) is 0 Å². The van der Waals surface area contributed by atoms with Crippen molar-refractivity contribution in [3.63, 3.8) is 0 Å². The molecule has 115 heavy (non-hydrogen) atoms. The minimum Gasteiger partial charge on any atom is -0.507 e. The SMILES string of the molecule is C.C.C.C.CCCN1CCC[C@@H]2Cc3c(ccc(C)c3O)C[C@H]21.CCCN1CCC[C@@H]2Cc3c(ccc(C)c3OCOC)C[C@H]21.CCCN1CCC[C@@H]2Cc3c(ccc(O)c3OCOC)C[C@H]21.CCCN1CCC[C@@H]2Cc3c(ccc(OC)c3O)C[C@H]21.CCCN1CCC[C@@H]2Cc3c(ccc(OC)c3OCOC)C[C@H]21.COCCl.I. The van der Waals surface area contributed by atoms with E-state index in [2.05, 4.69) is 113 Å². The molecule has 0 amide bonds. The molecule has 0 bridgehead atoms. The van der Waals surface area contributed by atoms with Crippen LogP contribution in [0, 0.1) is 43.4 Å². The molecule has 5 aliphatic heterocycles. The third kappa shape index (κ3) is 25.4. The molecule has 0 saturated carbocycles. The molecule has 652 valence electrons. The molecule has 5 saturated heterocycles. The summed E-state index contributed by atoms with van der Waals surface area (Å²) in [6, 6.07) is 24.7. The molecule has 10 aliphatic rings.